The minimum absolute atomic E-state index is 0.242. The van der Waals surface area contributed by atoms with Crippen LogP contribution < -0.4 is 27.2 Å². The van der Waals surface area contributed by atoms with Crippen molar-refractivity contribution in [3.05, 3.63) is 64.3 Å². The first-order valence-corrected chi connectivity index (χ1v) is 11.4. The second-order valence-corrected chi connectivity index (χ2v) is 8.96. The van der Waals surface area contributed by atoms with Crippen LogP contribution in [0.2, 0.25) is 0 Å². The third kappa shape index (κ3) is 4.71. The number of hydrazine groups is 2. The highest BCUT2D eigenvalue weighted by molar-refractivity contribution is 5.94. The van der Waals surface area contributed by atoms with Crippen LogP contribution in [0.1, 0.15) is 51.5 Å². The molecule has 1 aromatic heterocycles. The van der Waals surface area contributed by atoms with E-state index < -0.39 is 11.9 Å². The first-order chi connectivity index (χ1) is 16.6. The number of nitrogens with two attached hydrogens (primary N) is 3. The van der Waals surface area contributed by atoms with E-state index >= 15 is 0 Å². The largest absolute Gasteiger partial charge is 0.489 e. The maximum atomic E-state index is 12.4. The maximum absolute atomic E-state index is 12.4. The van der Waals surface area contributed by atoms with Gasteiger partial charge in [0.05, 0.1) is 11.4 Å². The van der Waals surface area contributed by atoms with Crippen molar-refractivity contribution in [2.45, 2.75) is 39.2 Å². The van der Waals surface area contributed by atoms with Crippen LogP contribution in [0, 0.1) is 13.8 Å². The second kappa shape index (κ2) is 9.40. The smallest absolute Gasteiger partial charge is 0.352 e. The average Bonchev–Trinajstić information content (AvgIpc) is 3.61. The molecular weight excluding hydrogens is 446 g/mol. The fraction of sp³-hybridized carbons (Fsp3) is 0.320. The van der Waals surface area contributed by atoms with E-state index in [0.717, 1.165) is 50.7 Å². The summed E-state index contributed by atoms with van der Waals surface area (Å²) in [5.41, 5.74) is 11.6. The molecule has 0 spiro atoms. The molecule has 10 nitrogen and oxygen atoms in total. The maximum Gasteiger partial charge on any atom is 0.352 e. The van der Waals surface area contributed by atoms with Gasteiger partial charge in [0.2, 0.25) is 0 Å². The fourth-order valence-electron chi connectivity index (χ4n) is 4.38. The first-order valence-electron chi connectivity index (χ1n) is 11.4. The van der Waals surface area contributed by atoms with Crippen molar-refractivity contribution < 1.29 is 14.3 Å². The highest BCUT2D eigenvalue weighted by atomic mass is 16.5. The summed E-state index contributed by atoms with van der Waals surface area (Å²) in [6.45, 7) is 4.02. The molecule has 184 valence electrons. The molecule has 1 aliphatic carbocycles. The number of urea groups is 1. The molecule has 2 aromatic carbocycles. The highest BCUT2D eigenvalue weighted by Crippen LogP contribution is 2.44. The van der Waals surface area contributed by atoms with Crippen LogP contribution in [-0.2, 0) is 13.7 Å². The van der Waals surface area contributed by atoms with E-state index in [9.17, 15) is 9.59 Å². The van der Waals surface area contributed by atoms with Gasteiger partial charge in [-0.05, 0) is 68.0 Å². The molecule has 0 aliphatic heterocycles. The van der Waals surface area contributed by atoms with Gasteiger partial charge in [-0.3, -0.25) is 14.5 Å². The molecule has 0 unspecified atom stereocenters. The number of primary amides is 1. The molecule has 4 rings (SSSR count). The Morgan fingerprint density at radius 1 is 1.17 bits per heavy atom. The number of carbonyl (C=O) groups excluding carboxylic acids is 2. The number of ether oxygens (including phenoxy) is 1. The molecule has 3 aromatic rings. The molecule has 1 aliphatic rings. The van der Waals surface area contributed by atoms with Crippen molar-refractivity contribution in [1.82, 2.24) is 14.8 Å². The number of amides is 3. The summed E-state index contributed by atoms with van der Waals surface area (Å²) in [5, 5.41) is 6.48. The minimum Gasteiger partial charge on any atom is -0.489 e. The molecular formula is C25H31N7O3. The zero-order chi connectivity index (χ0) is 25.4. The molecule has 0 radical (unpaired) electrons. The molecule has 3 amide bonds. The van der Waals surface area contributed by atoms with Gasteiger partial charge < -0.3 is 10.5 Å². The molecule has 0 bridgehead atoms. The normalized spacial score (nSPS) is 13.0. The molecule has 0 atom stereocenters. The van der Waals surface area contributed by atoms with Crippen LogP contribution in [-0.4, -0.2) is 33.8 Å². The highest BCUT2D eigenvalue weighted by Gasteiger charge is 2.29. The summed E-state index contributed by atoms with van der Waals surface area (Å²) in [6.07, 6.45) is 2.19. The van der Waals surface area contributed by atoms with Crippen molar-refractivity contribution in [3.8, 4) is 17.0 Å². The van der Waals surface area contributed by atoms with Gasteiger partial charge in [0.15, 0.2) is 0 Å². The molecule has 10 heteroatoms. The van der Waals surface area contributed by atoms with Crippen molar-refractivity contribution in [2.75, 3.05) is 12.1 Å². The van der Waals surface area contributed by atoms with E-state index in [4.69, 9.17) is 22.2 Å². The quantitative estimate of drug-likeness (QED) is 0.271. The number of hydrogen-bond acceptors (Lipinski definition) is 6. The Balaban J connectivity index is 1.62. The Kier molecular flexibility index (Phi) is 6.51. The Bertz CT molecular complexity index is 1290. The zero-order valence-electron chi connectivity index (χ0n) is 20.4. The molecule has 1 heterocycles. The number of nitrogens with zero attached hydrogens (tertiary/aromatic N) is 4. The summed E-state index contributed by atoms with van der Waals surface area (Å²) in [7, 11) is 3.15. The van der Waals surface area contributed by atoms with E-state index in [1.54, 1.807) is 13.1 Å². The van der Waals surface area contributed by atoms with Gasteiger partial charge in [-0.25, -0.2) is 21.5 Å². The SMILES string of the molecule is Cc1cc(-c2nn(C)c(C(N)=O)c2C)ccc1OCc1c(C2CC2)cccc1N(N)C(=O)N(C)N. The summed E-state index contributed by atoms with van der Waals surface area (Å²) < 4.78 is 7.72. The van der Waals surface area contributed by atoms with E-state index in [1.165, 1.54) is 11.7 Å². The van der Waals surface area contributed by atoms with Crippen LogP contribution >= 0.6 is 0 Å². The Morgan fingerprint density at radius 3 is 2.46 bits per heavy atom. The van der Waals surface area contributed by atoms with Crippen molar-refractivity contribution in [2.24, 2.45) is 24.5 Å². The molecule has 6 N–H and O–H groups in total. The summed E-state index contributed by atoms with van der Waals surface area (Å²) in [4.78, 5) is 24.2. The summed E-state index contributed by atoms with van der Waals surface area (Å²) in [6, 6.07) is 11.0. The summed E-state index contributed by atoms with van der Waals surface area (Å²) >= 11 is 0. The Labute approximate surface area is 204 Å². The van der Waals surface area contributed by atoms with Crippen LogP contribution in [0.25, 0.3) is 11.3 Å². The van der Waals surface area contributed by atoms with E-state index in [-0.39, 0.29) is 6.61 Å². The third-order valence-corrected chi connectivity index (χ3v) is 6.31. The number of hydrogen-bond donors (Lipinski definition) is 3. The van der Waals surface area contributed by atoms with Gasteiger partial charge in [-0.2, -0.15) is 5.10 Å². The lowest BCUT2D eigenvalue weighted by Crippen LogP contribution is -2.49. The lowest BCUT2D eigenvalue weighted by Gasteiger charge is -2.25. The van der Waals surface area contributed by atoms with Gasteiger partial charge >= 0.3 is 6.03 Å². The third-order valence-electron chi connectivity index (χ3n) is 6.31. The number of aryl methyl sites for hydroxylation is 2. The number of anilines is 1. The van der Waals surface area contributed by atoms with Crippen molar-refractivity contribution in [1.29, 1.82) is 0 Å². The molecule has 1 saturated carbocycles. The van der Waals surface area contributed by atoms with E-state index in [2.05, 4.69) is 11.2 Å². The number of carbonyl (C=O) groups is 2. The van der Waals surface area contributed by atoms with Gasteiger partial charge in [0, 0.05) is 30.8 Å². The van der Waals surface area contributed by atoms with Crippen LogP contribution in [0.4, 0.5) is 10.5 Å². The molecule has 1 fully saturated rings. The summed E-state index contributed by atoms with van der Waals surface area (Å²) in [5.74, 6) is 12.4. The lowest BCUT2D eigenvalue weighted by atomic mass is 10.0. The van der Waals surface area contributed by atoms with E-state index in [0.29, 0.717) is 28.7 Å². The second-order valence-electron chi connectivity index (χ2n) is 8.96. The predicted octanol–water partition coefficient (Wildman–Crippen LogP) is 2.86. The zero-order valence-corrected chi connectivity index (χ0v) is 20.4. The number of aromatic nitrogens is 2. The number of benzene rings is 2. The Hall–Kier alpha value is -3.89. The Morgan fingerprint density at radius 2 is 1.89 bits per heavy atom. The first kappa shape index (κ1) is 24.2. The van der Waals surface area contributed by atoms with E-state index in [1.807, 2.05) is 38.1 Å². The van der Waals surface area contributed by atoms with Crippen molar-refractivity contribution in [3.63, 3.8) is 0 Å². The van der Waals surface area contributed by atoms with Crippen LogP contribution in [0.3, 0.4) is 0 Å². The standard InChI is InChI=1S/C25H31N7O3/c1-14-12-17(22-15(2)23(24(26)33)31(4)29-22)10-11-21(14)35-13-19-18(16-8-9-16)6-5-7-20(19)32(28)25(34)30(3)27/h5-7,10-12,16H,8-9,13,27-28H2,1-4H3,(H2,26,33). The monoisotopic (exact) mass is 477 g/mol. The van der Waals surface area contributed by atoms with Gasteiger partial charge in [-0.1, -0.05) is 12.1 Å². The topological polar surface area (TPSA) is 146 Å². The van der Waals surface area contributed by atoms with Crippen LogP contribution in [0.15, 0.2) is 36.4 Å². The average molecular weight is 478 g/mol. The van der Waals surface area contributed by atoms with Crippen molar-refractivity contribution >= 4 is 17.6 Å². The molecule has 35 heavy (non-hydrogen) atoms. The van der Waals surface area contributed by atoms with Gasteiger partial charge in [0.25, 0.3) is 5.91 Å². The number of rotatable bonds is 7. The molecule has 0 saturated heterocycles. The minimum atomic E-state index is -0.527. The van der Waals surface area contributed by atoms with Crippen LogP contribution in [0.5, 0.6) is 5.75 Å². The lowest BCUT2D eigenvalue weighted by molar-refractivity contribution is 0.0990. The predicted molar refractivity (Wildman–Crippen MR) is 133 cm³/mol. The fourth-order valence-corrected chi connectivity index (χ4v) is 4.38. The van der Waals surface area contributed by atoms with Gasteiger partial charge in [0.1, 0.15) is 18.1 Å². The van der Waals surface area contributed by atoms with Gasteiger partial charge in [-0.15, -0.1) is 0 Å².